The Hall–Kier alpha value is -2.99. The third kappa shape index (κ3) is 6.02. The average molecular weight is 579 g/mol. The molecule has 210 valence electrons. The highest BCUT2D eigenvalue weighted by molar-refractivity contribution is 8.00. The summed E-state index contributed by atoms with van der Waals surface area (Å²) in [6.45, 7) is 5.80. The molecule has 1 aliphatic carbocycles. The minimum atomic E-state index is -0.552. The second-order valence-corrected chi connectivity index (χ2v) is 11.8. The summed E-state index contributed by atoms with van der Waals surface area (Å²) in [5, 5.41) is 4.46. The molecular formula is C31H35ClN4O3S. The van der Waals surface area contributed by atoms with Crippen molar-refractivity contribution >= 4 is 41.5 Å². The molecule has 9 heteroatoms. The van der Waals surface area contributed by atoms with E-state index in [4.69, 9.17) is 25.9 Å². The van der Waals surface area contributed by atoms with Crippen molar-refractivity contribution in [3.63, 3.8) is 0 Å². The standard InChI is InChI=1S/C31H35ClN4O3S/c1-4-5-12-28(33-31(20-37)15-8-9-16-31)36(3)17-22-13-14-23(26-19-38-18-25(22)26)24-10-6-7-11-27(24)40-35-30-29(32)21(2)39-34-30/h10-11,13-14,20H,4-5,8-9,12,15-19H2,1-3H3,(H,34,35)/b33-28-. The Morgan fingerprint density at radius 3 is 2.73 bits per heavy atom. The lowest BCUT2D eigenvalue weighted by Crippen LogP contribution is -2.33. The van der Waals surface area contributed by atoms with Gasteiger partial charge in [-0.05, 0) is 66.5 Å². The van der Waals surface area contributed by atoms with Gasteiger partial charge in [-0.15, -0.1) is 0 Å². The summed E-state index contributed by atoms with van der Waals surface area (Å²) in [7, 11) is 2.09. The summed E-state index contributed by atoms with van der Waals surface area (Å²) < 4.78 is 14.4. The number of nitrogens with zero attached hydrogens (tertiary/aromatic N) is 3. The molecule has 0 spiro atoms. The number of carbonyl (C=O) groups excluding carboxylic acids is 1. The van der Waals surface area contributed by atoms with Crippen LogP contribution in [-0.4, -0.2) is 34.8 Å². The summed E-state index contributed by atoms with van der Waals surface area (Å²) in [6, 6.07) is 14.4. The van der Waals surface area contributed by atoms with Crippen LogP contribution in [0.2, 0.25) is 5.02 Å². The molecule has 0 amide bonds. The topological polar surface area (TPSA) is 80.0 Å². The van der Waals surface area contributed by atoms with Crippen LogP contribution >= 0.6 is 23.5 Å². The minimum absolute atomic E-state index is 0.470. The molecule has 2 aromatic carbocycles. The van der Waals surface area contributed by atoms with E-state index in [-0.39, 0.29) is 0 Å². The second kappa shape index (κ2) is 12.7. The SMILES string of the molecule is CCCC/C(=N/C1(C=O)CCCC1)N(C)Cc1ccc(-c2cc#ccc2SNc2noc(C)c2Cl)c2c1COC2. The molecule has 0 unspecified atom stereocenters. The molecule has 2 heterocycles. The number of halogens is 1. The van der Waals surface area contributed by atoms with Crippen molar-refractivity contribution in [3.05, 3.63) is 63.9 Å². The van der Waals surface area contributed by atoms with Gasteiger partial charge in [0, 0.05) is 36.5 Å². The van der Waals surface area contributed by atoms with Crippen LogP contribution in [0.3, 0.4) is 0 Å². The molecule has 5 rings (SSSR count). The van der Waals surface area contributed by atoms with E-state index < -0.39 is 5.54 Å². The number of carbonyl (C=O) groups is 1. The molecule has 40 heavy (non-hydrogen) atoms. The van der Waals surface area contributed by atoms with E-state index >= 15 is 0 Å². The van der Waals surface area contributed by atoms with Crippen molar-refractivity contribution in [1.29, 1.82) is 0 Å². The normalized spacial score (nSPS) is 16.1. The van der Waals surface area contributed by atoms with Crippen molar-refractivity contribution in [3.8, 4) is 11.1 Å². The van der Waals surface area contributed by atoms with Crippen LogP contribution in [0.4, 0.5) is 5.82 Å². The van der Waals surface area contributed by atoms with Crippen LogP contribution in [0.1, 0.15) is 74.3 Å². The Kier molecular flexibility index (Phi) is 9.04. The predicted octanol–water partition coefficient (Wildman–Crippen LogP) is 7.59. The lowest BCUT2D eigenvalue weighted by atomic mass is 9.93. The molecule has 1 N–H and O–H groups in total. The first kappa shape index (κ1) is 28.5. The van der Waals surface area contributed by atoms with E-state index in [9.17, 15) is 4.79 Å². The van der Waals surface area contributed by atoms with Crippen LogP contribution in [0.5, 0.6) is 0 Å². The van der Waals surface area contributed by atoms with Crippen molar-refractivity contribution in [2.75, 3.05) is 11.8 Å². The van der Waals surface area contributed by atoms with Gasteiger partial charge in [0.2, 0.25) is 0 Å². The van der Waals surface area contributed by atoms with Gasteiger partial charge in [0.25, 0.3) is 0 Å². The van der Waals surface area contributed by atoms with E-state index in [1.54, 1.807) is 6.92 Å². The van der Waals surface area contributed by atoms with E-state index in [1.165, 1.54) is 28.6 Å². The Morgan fingerprint density at radius 1 is 1.23 bits per heavy atom. The van der Waals surface area contributed by atoms with Gasteiger partial charge in [-0.1, -0.05) is 67.2 Å². The van der Waals surface area contributed by atoms with Crippen molar-refractivity contribution in [2.24, 2.45) is 4.99 Å². The van der Waals surface area contributed by atoms with Gasteiger partial charge in [0.15, 0.2) is 11.6 Å². The lowest BCUT2D eigenvalue weighted by molar-refractivity contribution is -0.112. The van der Waals surface area contributed by atoms with Gasteiger partial charge in [-0.25, -0.2) is 0 Å². The van der Waals surface area contributed by atoms with Crippen LogP contribution in [0.15, 0.2) is 38.7 Å². The number of aryl methyl sites for hydroxylation is 1. The summed E-state index contributed by atoms with van der Waals surface area (Å²) in [5.74, 6) is 2.08. The van der Waals surface area contributed by atoms with Crippen LogP contribution < -0.4 is 4.72 Å². The number of aldehydes is 1. The highest BCUT2D eigenvalue weighted by Crippen LogP contribution is 2.39. The number of ether oxygens (including phenoxy) is 1. The number of unbranched alkanes of at least 4 members (excludes halogenated alkanes) is 1. The molecule has 0 atom stereocenters. The monoisotopic (exact) mass is 578 g/mol. The molecular weight excluding hydrogens is 544 g/mol. The fourth-order valence-corrected chi connectivity index (χ4v) is 6.36. The quantitative estimate of drug-likeness (QED) is 0.109. The molecule has 1 aromatic heterocycles. The maximum absolute atomic E-state index is 12.0. The van der Waals surface area contributed by atoms with Gasteiger partial charge in [-0.3, -0.25) is 4.99 Å². The maximum atomic E-state index is 12.0. The van der Waals surface area contributed by atoms with Gasteiger partial charge >= 0.3 is 0 Å². The van der Waals surface area contributed by atoms with Gasteiger partial charge in [-0.2, -0.15) is 0 Å². The van der Waals surface area contributed by atoms with Crippen LogP contribution in [0, 0.1) is 19.1 Å². The van der Waals surface area contributed by atoms with E-state index in [1.807, 2.05) is 12.1 Å². The molecule has 1 fully saturated rings. The number of aliphatic imine (C=N–C) groups is 1. The van der Waals surface area contributed by atoms with Crippen molar-refractivity contribution in [1.82, 2.24) is 10.1 Å². The number of rotatable bonds is 11. The van der Waals surface area contributed by atoms with Gasteiger partial charge in [0.05, 0.1) is 13.2 Å². The first-order valence-corrected chi connectivity index (χ1v) is 15.1. The molecule has 7 nitrogen and oxygen atoms in total. The number of amidine groups is 1. The highest BCUT2D eigenvalue weighted by Gasteiger charge is 2.34. The first-order chi connectivity index (χ1) is 19.4. The molecule has 0 bridgehead atoms. The summed E-state index contributed by atoms with van der Waals surface area (Å²) in [5.41, 5.74) is 5.23. The zero-order valence-corrected chi connectivity index (χ0v) is 24.9. The lowest BCUT2D eigenvalue weighted by Gasteiger charge is -2.27. The van der Waals surface area contributed by atoms with Gasteiger partial charge in [0.1, 0.15) is 22.7 Å². The molecule has 3 aromatic rings. The zero-order chi connectivity index (χ0) is 28.1. The van der Waals surface area contributed by atoms with Crippen molar-refractivity contribution in [2.45, 2.75) is 89.0 Å². The minimum Gasteiger partial charge on any atom is -0.372 e. The Morgan fingerprint density at radius 2 is 2.00 bits per heavy atom. The summed E-state index contributed by atoms with van der Waals surface area (Å²) in [4.78, 5) is 20.3. The molecule has 1 aliphatic heterocycles. The second-order valence-electron chi connectivity index (χ2n) is 10.6. The highest BCUT2D eigenvalue weighted by atomic mass is 35.5. The molecule has 2 aliphatic rings. The number of aromatic nitrogens is 1. The fourth-order valence-electron chi connectivity index (χ4n) is 5.45. The maximum Gasteiger partial charge on any atom is 0.198 e. The third-order valence-electron chi connectivity index (χ3n) is 7.77. The van der Waals surface area contributed by atoms with Crippen LogP contribution in [0.25, 0.3) is 11.1 Å². The Labute approximate surface area is 245 Å². The third-order valence-corrected chi connectivity index (χ3v) is 9.07. The van der Waals surface area contributed by atoms with E-state index in [2.05, 4.69) is 53.0 Å². The molecule has 0 saturated heterocycles. The largest absolute Gasteiger partial charge is 0.372 e. The van der Waals surface area contributed by atoms with Crippen molar-refractivity contribution < 1.29 is 14.1 Å². The Bertz CT molecular complexity index is 1380. The molecule has 0 radical (unpaired) electrons. The Balaban J connectivity index is 1.41. The fraction of sp³-hybridized carbons (Fsp3) is 0.452. The number of hydrogen-bond donors (Lipinski definition) is 1. The molecule has 1 saturated carbocycles. The van der Waals surface area contributed by atoms with Crippen LogP contribution in [-0.2, 0) is 29.3 Å². The number of benzene rings is 1. The van der Waals surface area contributed by atoms with E-state index in [0.717, 1.165) is 73.1 Å². The summed E-state index contributed by atoms with van der Waals surface area (Å²) in [6.07, 6.45) is 7.91. The number of hydrogen-bond acceptors (Lipinski definition) is 7. The first-order valence-electron chi connectivity index (χ1n) is 13.9. The number of nitrogens with one attached hydrogen (secondary N) is 1. The van der Waals surface area contributed by atoms with E-state index in [0.29, 0.717) is 36.4 Å². The number of anilines is 1. The number of fused-ring (bicyclic) bond motifs is 1. The summed E-state index contributed by atoms with van der Waals surface area (Å²) >= 11 is 7.70. The van der Waals surface area contributed by atoms with Gasteiger partial charge < -0.3 is 23.7 Å². The smallest absolute Gasteiger partial charge is 0.198 e. The zero-order valence-electron chi connectivity index (χ0n) is 23.3. The predicted molar refractivity (Wildman–Crippen MR) is 159 cm³/mol. The average Bonchev–Trinajstić information content (AvgIpc) is 3.72.